The van der Waals surface area contributed by atoms with Crippen LogP contribution in [0.15, 0.2) is 24.3 Å². The monoisotopic (exact) mass is 295 g/mol. The maximum absolute atomic E-state index is 6.20. The third-order valence-electron chi connectivity index (χ3n) is 4.58. The molecule has 1 aromatic rings. The summed E-state index contributed by atoms with van der Waals surface area (Å²) in [6.45, 7) is 3.43. The topological polar surface area (TPSA) is 35.2 Å². The fourth-order valence-corrected chi connectivity index (χ4v) is 3.34. The van der Waals surface area contributed by atoms with Crippen molar-refractivity contribution in [2.75, 3.05) is 6.54 Å². The third kappa shape index (κ3) is 3.97. The van der Waals surface area contributed by atoms with Crippen LogP contribution in [0.3, 0.4) is 0 Å². The summed E-state index contributed by atoms with van der Waals surface area (Å²) in [4.78, 5) is 0. The minimum absolute atomic E-state index is 0.136. The Morgan fingerprint density at radius 1 is 1.30 bits per heavy atom. The molecule has 1 aliphatic carbocycles. The van der Waals surface area contributed by atoms with Gasteiger partial charge in [0, 0.05) is 11.6 Å². The predicted molar refractivity (Wildman–Crippen MR) is 84.9 cm³/mol. The van der Waals surface area contributed by atoms with Crippen molar-refractivity contribution >= 4 is 11.6 Å². The average molecular weight is 296 g/mol. The van der Waals surface area contributed by atoms with Crippen LogP contribution in [0.25, 0.3) is 0 Å². The Morgan fingerprint density at radius 2 is 2.00 bits per heavy atom. The van der Waals surface area contributed by atoms with E-state index in [1.807, 2.05) is 24.3 Å². The molecule has 0 saturated heterocycles. The largest absolute Gasteiger partial charge is 0.369 e. The van der Waals surface area contributed by atoms with Crippen LogP contribution in [0, 0.1) is 5.92 Å². The van der Waals surface area contributed by atoms with E-state index in [9.17, 15) is 0 Å². The summed E-state index contributed by atoms with van der Waals surface area (Å²) in [5, 5.41) is 0.777. The van der Waals surface area contributed by atoms with Crippen LogP contribution in [0.5, 0.6) is 0 Å². The van der Waals surface area contributed by atoms with Crippen molar-refractivity contribution in [2.45, 2.75) is 57.7 Å². The van der Waals surface area contributed by atoms with Crippen molar-refractivity contribution < 1.29 is 4.74 Å². The molecule has 0 unspecified atom stereocenters. The lowest BCUT2D eigenvalue weighted by Crippen LogP contribution is -2.43. The zero-order valence-corrected chi connectivity index (χ0v) is 13.2. The van der Waals surface area contributed by atoms with E-state index in [2.05, 4.69) is 6.92 Å². The first-order chi connectivity index (χ1) is 9.69. The number of rotatable bonds is 6. The third-order valence-corrected chi connectivity index (χ3v) is 4.95. The molecule has 1 fully saturated rings. The highest BCUT2D eigenvalue weighted by Crippen LogP contribution is 2.37. The van der Waals surface area contributed by atoms with E-state index in [-0.39, 0.29) is 5.60 Å². The van der Waals surface area contributed by atoms with Crippen LogP contribution in [0.1, 0.15) is 51.0 Å². The van der Waals surface area contributed by atoms with E-state index in [1.165, 1.54) is 25.7 Å². The molecule has 1 aliphatic rings. The van der Waals surface area contributed by atoms with E-state index in [4.69, 9.17) is 22.1 Å². The first-order valence-corrected chi connectivity index (χ1v) is 8.14. The van der Waals surface area contributed by atoms with Crippen LogP contribution in [0.4, 0.5) is 0 Å². The summed E-state index contributed by atoms with van der Waals surface area (Å²) in [6, 6.07) is 7.88. The lowest BCUT2D eigenvalue weighted by Gasteiger charge is -2.39. The molecular weight excluding hydrogens is 270 g/mol. The molecule has 2 N–H and O–H groups in total. The molecule has 0 radical (unpaired) electrons. The molecule has 0 aromatic heterocycles. The van der Waals surface area contributed by atoms with Crippen LogP contribution < -0.4 is 5.73 Å². The fraction of sp³-hybridized carbons (Fsp3) is 0.647. The highest BCUT2D eigenvalue weighted by molar-refractivity contribution is 6.31. The minimum atomic E-state index is -0.136. The normalized spacial score (nSPS) is 26.6. The molecule has 0 heterocycles. The van der Waals surface area contributed by atoms with Gasteiger partial charge in [-0.3, -0.25) is 0 Å². The Balaban J connectivity index is 1.91. The molecule has 0 amide bonds. The lowest BCUT2D eigenvalue weighted by atomic mass is 9.77. The number of benzene rings is 1. The van der Waals surface area contributed by atoms with Gasteiger partial charge in [0.2, 0.25) is 0 Å². The summed E-state index contributed by atoms with van der Waals surface area (Å²) in [5.41, 5.74) is 6.92. The first kappa shape index (κ1) is 15.8. The van der Waals surface area contributed by atoms with Gasteiger partial charge in [-0.15, -0.1) is 0 Å². The Hall–Kier alpha value is -0.570. The quantitative estimate of drug-likeness (QED) is 0.836. The molecule has 0 spiro atoms. The first-order valence-electron chi connectivity index (χ1n) is 7.76. The average Bonchev–Trinajstić information content (AvgIpc) is 2.49. The second kappa shape index (κ2) is 7.44. The number of hydrogen-bond donors (Lipinski definition) is 1. The van der Waals surface area contributed by atoms with E-state index in [0.29, 0.717) is 13.2 Å². The van der Waals surface area contributed by atoms with Gasteiger partial charge >= 0.3 is 0 Å². The maximum atomic E-state index is 6.20. The van der Waals surface area contributed by atoms with Gasteiger partial charge in [-0.2, -0.15) is 0 Å². The molecular formula is C17H26ClNO. The van der Waals surface area contributed by atoms with Gasteiger partial charge in [0.25, 0.3) is 0 Å². The molecule has 0 aliphatic heterocycles. The number of hydrogen-bond acceptors (Lipinski definition) is 2. The summed E-state index contributed by atoms with van der Waals surface area (Å²) < 4.78 is 6.20. The molecule has 20 heavy (non-hydrogen) atoms. The van der Waals surface area contributed by atoms with Crippen molar-refractivity contribution in [1.29, 1.82) is 0 Å². The predicted octanol–water partition coefficient (Wildman–Crippen LogP) is 4.54. The van der Waals surface area contributed by atoms with Gasteiger partial charge in [0.15, 0.2) is 0 Å². The summed E-state index contributed by atoms with van der Waals surface area (Å²) in [5.74, 6) is 0.864. The van der Waals surface area contributed by atoms with Crippen molar-refractivity contribution in [2.24, 2.45) is 11.7 Å². The van der Waals surface area contributed by atoms with E-state index in [0.717, 1.165) is 29.3 Å². The van der Waals surface area contributed by atoms with Crippen LogP contribution in [-0.4, -0.2) is 12.1 Å². The number of ether oxygens (including phenoxy) is 1. The SMILES string of the molecule is CCCC1CCC(CN)(OCc2ccccc2Cl)CC1. The molecule has 2 nitrogen and oxygen atoms in total. The molecule has 2 rings (SSSR count). The van der Waals surface area contributed by atoms with Crippen molar-refractivity contribution in [3.05, 3.63) is 34.9 Å². The van der Waals surface area contributed by atoms with E-state index >= 15 is 0 Å². The van der Waals surface area contributed by atoms with Crippen molar-refractivity contribution in [3.8, 4) is 0 Å². The second-order valence-corrected chi connectivity index (χ2v) is 6.41. The van der Waals surface area contributed by atoms with Gasteiger partial charge in [0.1, 0.15) is 0 Å². The van der Waals surface area contributed by atoms with Crippen LogP contribution in [-0.2, 0) is 11.3 Å². The zero-order valence-electron chi connectivity index (χ0n) is 12.4. The molecule has 0 atom stereocenters. The van der Waals surface area contributed by atoms with E-state index < -0.39 is 0 Å². The molecule has 3 heteroatoms. The Kier molecular flexibility index (Phi) is 5.88. The highest BCUT2D eigenvalue weighted by Gasteiger charge is 2.34. The van der Waals surface area contributed by atoms with Crippen LogP contribution in [0.2, 0.25) is 5.02 Å². The molecule has 1 saturated carbocycles. The maximum Gasteiger partial charge on any atom is 0.0808 e. The van der Waals surface area contributed by atoms with Crippen molar-refractivity contribution in [3.63, 3.8) is 0 Å². The summed E-state index contributed by atoms with van der Waals surface area (Å²) >= 11 is 6.18. The number of nitrogens with two attached hydrogens (primary N) is 1. The van der Waals surface area contributed by atoms with Crippen LogP contribution >= 0.6 is 11.6 Å². The molecule has 112 valence electrons. The van der Waals surface area contributed by atoms with Gasteiger partial charge in [-0.25, -0.2) is 0 Å². The fourth-order valence-electron chi connectivity index (χ4n) is 3.15. The van der Waals surface area contributed by atoms with Gasteiger partial charge < -0.3 is 10.5 Å². The Labute approximate surface area is 127 Å². The smallest absolute Gasteiger partial charge is 0.0808 e. The van der Waals surface area contributed by atoms with Gasteiger partial charge in [0.05, 0.1) is 12.2 Å². The molecule has 0 bridgehead atoms. The minimum Gasteiger partial charge on any atom is -0.369 e. The van der Waals surface area contributed by atoms with Crippen molar-refractivity contribution in [1.82, 2.24) is 0 Å². The second-order valence-electron chi connectivity index (χ2n) is 6.00. The standard InChI is InChI=1S/C17H26ClNO/c1-2-5-14-8-10-17(13-19,11-9-14)20-12-15-6-3-4-7-16(15)18/h3-4,6-7,14H,2,5,8-13,19H2,1H3. The van der Waals surface area contributed by atoms with Gasteiger partial charge in [-0.1, -0.05) is 49.6 Å². The lowest BCUT2D eigenvalue weighted by molar-refractivity contribution is -0.0816. The Morgan fingerprint density at radius 3 is 2.60 bits per heavy atom. The summed E-state index contributed by atoms with van der Waals surface area (Å²) in [6.07, 6.45) is 7.27. The summed E-state index contributed by atoms with van der Waals surface area (Å²) in [7, 11) is 0. The Bertz CT molecular complexity index is 413. The van der Waals surface area contributed by atoms with E-state index in [1.54, 1.807) is 0 Å². The highest BCUT2D eigenvalue weighted by atomic mass is 35.5. The zero-order chi connectivity index (χ0) is 14.4. The number of halogens is 1. The van der Waals surface area contributed by atoms with Gasteiger partial charge in [-0.05, 0) is 43.2 Å². The molecule has 1 aromatic carbocycles.